The Labute approximate surface area is 146 Å². The van der Waals surface area contributed by atoms with Gasteiger partial charge in [0.15, 0.2) is 5.69 Å². The molecule has 0 unspecified atom stereocenters. The zero-order valence-electron chi connectivity index (χ0n) is 14.5. The predicted molar refractivity (Wildman–Crippen MR) is 97.9 cm³/mol. The van der Waals surface area contributed by atoms with Crippen molar-refractivity contribution in [2.45, 2.75) is 13.8 Å². The van der Waals surface area contributed by atoms with Gasteiger partial charge in [0.2, 0.25) is 0 Å². The Balaban J connectivity index is 1.49. The topological polar surface area (TPSA) is 65.1 Å². The Morgan fingerprint density at radius 1 is 1.04 bits per heavy atom. The maximum absolute atomic E-state index is 12.8. The molecule has 6 heteroatoms. The van der Waals surface area contributed by atoms with Crippen molar-refractivity contribution in [2.75, 3.05) is 31.1 Å². The Kier molecular flexibility index (Phi) is 3.87. The van der Waals surface area contributed by atoms with Gasteiger partial charge in [0.25, 0.3) is 5.91 Å². The van der Waals surface area contributed by atoms with Crippen molar-refractivity contribution in [1.29, 1.82) is 0 Å². The molecule has 1 amide bonds. The normalized spacial score (nSPS) is 15.0. The first kappa shape index (κ1) is 15.6. The number of aryl methyl sites for hydroxylation is 2. The van der Waals surface area contributed by atoms with E-state index in [1.807, 2.05) is 43.0 Å². The van der Waals surface area contributed by atoms with Crippen LogP contribution in [-0.4, -0.2) is 52.2 Å². The zero-order valence-corrected chi connectivity index (χ0v) is 14.5. The number of aromatic nitrogens is 3. The number of piperazine rings is 1. The summed E-state index contributed by atoms with van der Waals surface area (Å²) >= 11 is 0. The Hall–Kier alpha value is -2.89. The van der Waals surface area contributed by atoms with Gasteiger partial charge < -0.3 is 9.80 Å². The number of anilines is 1. The highest BCUT2D eigenvalue weighted by Crippen LogP contribution is 2.21. The summed E-state index contributed by atoms with van der Waals surface area (Å²) in [7, 11) is 0. The third kappa shape index (κ3) is 2.95. The third-order valence-electron chi connectivity index (χ3n) is 4.67. The van der Waals surface area contributed by atoms with Crippen LogP contribution in [0, 0.1) is 13.8 Å². The number of carbonyl (C=O) groups is 1. The molecular weight excluding hydrogens is 314 g/mol. The lowest BCUT2D eigenvalue weighted by Gasteiger charge is -2.36. The van der Waals surface area contributed by atoms with E-state index in [1.165, 1.54) is 5.69 Å². The number of benzene rings is 1. The van der Waals surface area contributed by atoms with Crippen molar-refractivity contribution in [3.8, 4) is 0 Å². The van der Waals surface area contributed by atoms with Gasteiger partial charge in [-0.3, -0.25) is 14.9 Å². The summed E-state index contributed by atoms with van der Waals surface area (Å²) in [5, 5.41) is 8.06. The fourth-order valence-electron chi connectivity index (χ4n) is 3.44. The number of H-pyrrole nitrogens is 1. The lowest BCUT2D eigenvalue weighted by molar-refractivity contribution is 0.0742. The number of nitrogens with one attached hydrogen (secondary N) is 1. The number of nitrogens with zero attached hydrogens (tertiary/aromatic N) is 4. The molecule has 1 aliphatic heterocycles. The zero-order chi connectivity index (χ0) is 17.4. The SMILES string of the molecule is Cc1cc(N2CCN(C(=O)c3n[nH]c4ccccc34)CC2)cc(C)n1. The minimum Gasteiger partial charge on any atom is -0.368 e. The summed E-state index contributed by atoms with van der Waals surface area (Å²) in [6.07, 6.45) is 0. The largest absolute Gasteiger partial charge is 0.368 e. The van der Waals surface area contributed by atoms with E-state index in [9.17, 15) is 4.79 Å². The Morgan fingerprint density at radius 3 is 2.44 bits per heavy atom. The van der Waals surface area contributed by atoms with Crippen LogP contribution in [0.2, 0.25) is 0 Å². The minimum absolute atomic E-state index is 0.000751. The van der Waals surface area contributed by atoms with E-state index in [1.54, 1.807) is 0 Å². The van der Waals surface area contributed by atoms with Crippen molar-refractivity contribution in [1.82, 2.24) is 20.1 Å². The van der Waals surface area contributed by atoms with E-state index in [4.69, 9.17) is 0 Å². The summed E-state index contributed by atoms with van der Waals surface area (Å²) in [5.41, 5.74) is 4.64. The number of hydrogen-bond acceptors (Lipinski definition) is 4. The fraction of sp³-hybridized carbons (Fsp3) is 0.316. The number of fused-ring (bicyclic) bond motifs is 1. The first-order valence-electron chi connectivity index (χ1n) is 8.54. The number of amides is 1. The van der Waals surface area contributed by atoms with Crippen LogP contribution in [0.1, 0.15) is 21.9 Å². The molecular formula is C19H21N5O. The van der Waals surface area contributed by atoms with Crippen LogP contribution in [0.5, 0.6) is 0 Å². The maximum atomic E-state index is 12.8. The maximum Gasteiger partial charge on any atom is 0.275 e. The number of pyridine rings is 1. The van der Waals surface area contributed by atoms with Crippen molar-refractivity contribution >= 4 is 22.5 Å². The molecule has 4 rings (SSSR count). The second kappa shape index (κ2) is 6.20. The predicted octanol–water partition coefficient (Wildman–Crippen LogP) is 2.54. The molecule has 0 bridgehead atoms. The molecule has 6 nitrogen and oxygen atoms in total. The molecule has 128 valence electrons. The van der Waals surface area contributed by atoms with E-state index in [0.29, 0.717) is 18.8 Å². The highest BCUT2D eigenvalue weighted by atomic mass is 16.2. The lowest BCUT2D eigenvalue weighted by atomic mass is 10.1. The molecule has 0 saturated carbocycles. The molecule has 2 aromatic heterocycles. The van der Waals surface area contributed by atoms with Gasteiger partial charge in [-0.15, -0.1) is 0 Å². The van der Waals surface area contributed by atoms with Crippen LogP contribution in [0.15, 0.2) is 36.4 Å². The molecule has 0 spiro atoms. The average Bonchev–Trinajstić information content (AvgIpc) is 3.04. The van der Waals surface area contributed by atoms with Gasteiger partial charge in [-0.1, -0.05) is 18.2 Å². The Bertz CT molecular complexity index is 904. The van der Waals surface area contributed by atoms with Gasteiger partial charge in [0, 0.05) is 48.6 Å². The second-order valence-corrected chi connectivity index (χ2v) is 6.51. The number of carbonyl (C=O) groups excluding carboxylic acids is 1. The van der Waals surface area contributed by atoms with Crippen molar-refractivity contribution in [3.05, 3.63) is 53.5 Å². The minimum atomic E-state index is -0.000751. The van der Waals surface area contributed by atoms with Crippen molar-refractivity contribution in [3.63, 3.8) is 0 Å². The van der Waals surface area contributed by atoms with Gasteiger partial charge in [-0.25, -0.2) is 0 Å². The first-order chi connectivity index (χ1) is 12.1. The molecule has 1 saturated heterocycles. The molecule has 0 aliphatic carbocycles. The number of rotatable bonds is 2. The second-order valence-electron chi connectivity index (χ2n) is 6.51. The van der Waals surface area contributed by atoms with Gasteiger partial charge in [0.1, 0.15) is 0 Å². The highest BCUT2D eigenvalue weighted by Gasteiger charge is 2.25. The first-order valence-corrected chi connectivity index (χ1v) is 8.54. The van der Waals surface area contributed by atoms with Gasteiger partial charge in [-0.05, 0) is 32.0 Å². The van der Waals surface area contributed by atoms with Crippen molar-refractivity contribution < 1.29 is 4.79 Å². The average molecular weight is 335 g/mol. The molecule has 25 heavy (non-hydrogen) atoms. The highest BCUT2D eigenvalue weighted by molar-refractivity contribution is 6.04. The number of para-hydroxylation sites is 1. The smallest absolute Gasteiger partial charge is 0.275 e. The van der Waals surface area contributed by atoms with E-state index in [-0.39, 0.29) is 5.91 Å². The summed E-state index contributed by atoms with van der Waals surface area (Å²) < 4.78 is 0. The van der Waals surface area contributed by atoms with Gasteiger partial charge >= 0.3 is 0 Å². The molecule has 1 N–H and O–H groups in total. The molecule has 0 atom stereocenters. The van der Waals surface area contributed by atoms with Crippen LogP contribution >= 0.6 is 0 Å². The van der Waals surface area contributed by atoms with E-state index in [0.717, 1.165) is 35.4 Å². The van der Waals surface area contributed by atoms with E-state index < -0.39 is 0 Å². The third-order valence-corrected chi connectivity index (χ3v) is 4.67. The van der Waals surface area contributed by atoms with E-state index >= 15 is 0 Å². The lowest BCUT2D eigenvalue weighted by Crippen LogP contribution is -2.49. The van der Waals surface area contributed by atoms with Crippen LogP contribution in [0.25, 0.3) is 10.9 Å². The molecule has 3 aromatic rings. The van der Waals surface area contributed by atoms with Crippen LogP contribution in [0.4, 0.5) is 5.69 Å². The number of hydrogen-bond donors (Lipinski definition) is 1. The summed E-state index contributed by atoms with van der Waals surface area (Å²) in [6.45, 7) is 7.05. The van der Waals surface area contributed by atoms with Gasteiger partial charge in [0.05, 0.1) is 5.52 Å². The molecule has 1 aliphatic rings. The molecule has 3 heterocycles. The number of aromatic amines is 1. The van der Waals surface area contributed by atoms with E-state index in [2.05, 4.69) is 32.2 Å². The molecule has 0 radical (unpaired) electrons. The van der Waals surface area contributed by atoms with Gasteiger partial charge in [-0.2, -0.15) is 5.10 Å². The summed E-state index contributed by atoms with van der Waals surface area (Å²) in [4.78, 5) is 21.5. The van der Waals surface area contributed by atoms with Crippen LogP contribution in [-0.2, 0) is 0 Å². The summed E-state index contributed by atoms with van der Waals surface area (Å²) in [5.74, 6) is -0.000751. The standard InChI is InChI=1S/C19H21N5O/c1-13-11-15(12-14(2)20-13)23-7-9-24(10-8-23)19(25)18-16-5-3-4-6-17(16)21-22-18/h3-6,11-12H,7-10H2,1-2H3,(H,21,22). The van der Waals surface area contributed by atoms with Crippen molar-refractivity contribution in [2.24, 2.45) is 0 Å². The van der Waals surface area contributed by atoms with Crippen LogP contribution in [0.3, 0.4) is 0 Å². The monoisotopic (exact) mass is 335 g/mol. The Morgan fingerprint density at radius 2 is 1.72 bits per heavy atom. The molecule has 1 fully saturated rings. The fourth-order valence-corrected chi connectivity index (χ4v) is 3.44. The quantitative estimate of drug-likeness (QED) is 0.782. The summed E-state index contributed by atoms with van der Waals surface area (Å²) in [6, 6.07) is 11.9. The van der Waals surface area contributed by atoms with Crippen LogP contribution < -0.4 is 4.90 Å². The molecule has 1 aromatic carbocycles.